The summed E-state index contributed by atoms with van der Waals surface area (Å²) in [6.45, 7) is 7.05. The number of carbonyl (C=O) groups excluding carboxylic acids is 2. The van der Waals surface area contributed by atoms with Gasteiger partial charge >= 0.3 is 5.97 Å². The molecule has 0 saturated carbocycles. The molecule has 1 aliphatic carbocycles. The zero-order valence-corrected chi connectivity index (χ0v) is 14.3. The molecule has 23 heavy (non-hydrogen) atoms. The minimum Gasteiger partial charge on any atom is -0.468 e. The predicted octanol–water partition coefficient (Wildman–Crippen LogP) is 3.25. The molecule has 0 spiro atoms. The number of fused-ring (bicyclic) bond motifs is 1. The molecule has 0 aromatic carbocycles. The lowest BCUT2D eigenvalue weighted by Gasteiger charge is -2.26. The second-order valence-corrected chi connectivity index (χ2v) is 6.29. The Hall–Kier alpha value is -1.88. The SMILES string of the molecule is CO[C@H]1C=C(C)Cc2occ(C)c2C(=O)[C@H](OC(C)=O)[C@H](C)C1. The summed E-state index contributed by atoms with van der Waals surface area (Å²) in [4.78, 5) is 24.4. The monoisotopic (exact) mass is 320 g/mol. The standard InChI is InChI=1S/C18H24O5/c1-10-6-14(21-5)8-11(2)18(23-13(4)19)17(20)16-12(3)9-22-15(16)7-10/h6,9,11,14,18H,7-8H2,1-5H3/t11-,14+,18-/m1/s1. The third kappa shape index (κ3) is 3.91. The molecule has 1 aliphatic rings. The van der Waals surface area contributed by atoms with E-state index in [2.05, 4.69) is 0 Å². The number of aryl methyl sites for hydroxylation is 1. The maximum Gasteiger partial charge on any atom is 0.303 e. The highest BCUT2D eigenvalue weighted by atomic mass is 16.5. The molecule has 0 N–H and O–H groups in total. The van der Waals surface area contributed by atoms with E-state index in [1.165, 1.54) is 6.92 Å². The first-order chi connectivity index (χ1) is 10.8. The summed E-state index contributed by atoms with van der Waals surface area (Å²) in [6, 6.07) is 0. The molecule has 0 radical (unpaired) electrons. The fourth-order valence-electron chi connectivity index (χ4n) is 3.06. The molecule has 0 saturated heterocycles. The first-order valence-corrected chi connectivity index (χ1v) is 7.82. The molecule has 0 aliphatic heterocycles. The Morgan fingerprint density at radius 3 is 2.65 bits per heavy atom. The van der Waals surface area contributed by atoms with Gasteiger partial charge < -0.3 is 13.9 Å². The third-order valence-corrected chi connectivity index (χ3v) is 4.18. The van der Waals surface area contributed by atoms with Crippen LogP contribution in [0.3, 0.4) is 0 Å². The van der Waals surface area contributed by atoms with Gasteiger partial charge in [-0.05, 0) is 25.8 Å². The minimum absolute atomic E-state index is 0.131. The normalized spacial score (nSPS) is 25.5. The fraction of sp³-hybridized carbons (Fsp3) is 0.556. The van der Waals surface area contributed by atoms with Crippen LogP contribution in [0.15, 0.2) is 22.3 Å². The average molecular weight is 320 g/mol. The van der Waals surface area contributed by atoms with Gasteiger partial charge in [0.2, 0.25) is 5.78 Å². The number of allylic oxidation sites excluding steroid dienone is 1. The van der Waals surface area contributed by atoms with Crippen LogP contribution in [0.1, 0.15) is 48.9 Å². The van der Waals surface area contributed by atoms with Crippen molar-refractivity contribution in [3.63, 3.8) is 0 Å². The molecule has 1 heterocycles. The molecular weight excluding hydrogens is 296 g/mol. The van der Waals surface area contributed by atoms with Crippen molar-refractivity contribution in [2.24, 2.45) is 5.92 Å². The highest BCUT2D eigenvalue weighted by molar-refractivity contribution is 6.02. The van der Waals surface area contributed by atoms with Gasteiger partial charge in [-0.15, -0.1) is 0 Å². The van der Waals surface area contributed by atoms with Crippen molar-refractivity contribution in [1.82, 2.24) is 0 Å². The van der Waals surface area contributed by atoms with Crippen LogP contribution in [0.5, 0.6) is 0 Å². The van der Waals surface area contributed by atoms with Crippen molar-refractivity contribution in [3.8, 4) is 0 Å². The Morgan fingerprint density at radius 1 is 1.35 bits per heavy atom. The third-order valence-electron chi connectivity index (χ3n) is 4.18. The van der Waals surface area contributed by atoms with E-state index in [0.29, 0.717) is 24.2 Å². The number of esters is 1. The van der Waals surface area contributed by atoms with Crippen LogP contribution in [-0.2, 0) is 20.7 Å². The van der Waals surface area contributed by atoms with Crippen LogP contribution in [-0.4, -0.2) is 31.1 Å². The maximum atomic E-state index is 13.0. The summed E-state index contributed by atoms with van der Waals surface area (Å²) in [5, 5.41) is 0. The predicted molar refractivity (Wildman–Crippen MR) is 85.4 cm³/mol. The fourth-order valence-corrected chi connectivity index (χ4v) is 3.06. The number of hydrogen-bond donors (Lipinski definition) is 0. The second-order valence-electron chi connectivity index (χ2n) is 6.29. The number of methoxy groups -OCH3 is 1. The molecule has 126 valence electrons. The van der Waals surface area contributed by atoms with Gasteiger partial charge in [0.15, 0.2) is 6.10 Å². The molecule has 0 fully saturated rings. The molecule has 0 bridgehead atoms. The summed E-state index contributed by atoms with van der Waals surface area (Å²) in [7, 11) is 1.64. The van der Waals surface area contributed by atoms with Gasteiger partial charge in [0, 0.05) is 26.4 Å². The minimum atomic E-state index is -0.827. The summed E-state index contributed by atoms with van der Waals surface area (Å²) in [5.74, 6) is -0.211. The van der Waals surface area contributed by atoms with Gasteiger partial charge in [0.05, 0.1) is 17.9 Å². The molecule has 1 aromatic heterocycles. The zero-order chi connectivity index (χ0) is 17.1. The van der Waals surface area contributed by atoms with Crippen molar-refractivity contribution < 1.29 is 23.5 Å². The Bertz CT molecular complexity index is 625. The van der Waals surface area contributed by atoms with Gasteiger partial charge in [-0.2, -0.15) is 0 Å². The van der Waals surface area contributed by atoms with Crippen LogP contribution in [0.4, 0.5) is 0 Å². The highest BCUT2D eigenvalue weighted by Crippen LogP contribution is 2.28. The molecule has 5 heteroatoms. The summed E-state index contributed by atoms with van der Waals surface area (Å²) in [6.07, 6.45) is 3.80. The number of furan rings is 1. The number of carbonyl (C=O) groups is 2. The zero-order valence-electron chi connectivity index (χ0n) is 14.3. The number of ether oxygens (including phenoxy) is 2. The quantitative estimate of drug-likeness (QED) is 0.618. The second kappa shape index (κ2) is 7.13. The first-order valence-electron chi connectivity index (χ1n) is 7.82. The topological polar surface area (TPSA) is 65.7 Å². The van der Waals surface area contributed by atoms with Gasteiger partial charge in [-0.1, -0.05) is 18.6 Å². The lowest BCUT2D eigenvalue weighted by molar-refractivity contribution is -0.146. The van der Waals surface area contributed by atoms with Crippen molar-refractivity contribution in [1.29, 1.82) is 0 Å². The highest BCUT2D eigenvalue weighted by Gasteiger charge is 2.34. The van der Waals surface area contributed by atoms with Crippen LogP contribution in [0.25, 0.3) is 0 Å². The van der Waals surface area contributed by atoms with Crippen molar-refractivity contribution in [2.75, 3.05) is 7.11 Å². The van der Waals surface area contributed by atoms with E-state index < -0.39 is 12.1 Å². The molecular formula is C18H24O5. The smallest absolute Gasteiger partial charge is 0.303 e. The van der Waals surface area contributed by atoms with E-state index in [-0.39, 0.29) is 17.8 Å². The maximum absolute atomic E-state index is 13.0. The average Bonchev–Trinajstić information content (AvgIpc) is 2.82. The van der Waals surface area contributed by atoms with E-state index in [1.807, 2.05) is 26.8 Å². The van der Waals surface area contributed by atoms with Crippen molar-refractivity contribution in [3.05, 3.63) is 34.8 Å². The van der Waals surface area contributed by atoms with E-state index in [1.54, 1.807) is 13.4 Å². The van der Waals surface area contributed by atoms with Gasteiger partial charge in [0.1, 0.15) is 5.76 Å². The Labute approximate surface area is 136 Å². The molecule has 0 amide bonds. The van der Waals surface area contributed by atoms with Crippen molar-refractivity contribution >= 4 is 11.8 Å². The van der Waals surface area contributed by atoms with E-state index in [9.17, 15) is 9.59 Å². The van der Waals surface area contributed by atoms with E-state index in [0.717, 1.165) is 11.1 Å². The largest absolute Gasteiger partial charge is 0.468 e. The van der Waals surface area contributed by atoms with E-state index >= 15 is 0 Å². The van der Waals surface area contributed by atoms with Crippen LogP contribution >= 0.6 is 0 Å². The van der Waals surface area contributed by atoms with Gasteiger partial charge in [-0.25, -0.2) is 0 Å². The first kappa shape index (κ1) is 17.5. The van der Waals surface area contributed by atoms with Gasteiger partial charge in [0.25, 0.3) is 0 Å². The molecule has 3 atom stereocenters. The van der Waals surface area contributed by atoms with Crippen molar-refractivity contribution in [2.45, 2.75) is 52.7 Å². The summed E-state index contributed by atoms with van der Waals surface area (Å²) in [5.41, 5.74) is 2.39. The number of hydrogen-bond acceptors (Lipinski definition) is 5. The summed E-state index contributed by atoms with van der Waals surface area (Å²) >= 11 is 0. The lowest BCUT2D eigenvalue weighted by atomic mass is 9.87. The van der Waals surface area contributed by atoms with E-state index in [4.69, 9.17) is 13.9 Å². The van der Waals surface area contributed by atoms with Gasteiger partial charge in [-0.3, -0.25) is 9.59 Å². The lowest BCUT2D eigenvalue weighted by Crippen LogP contribution is -2.35. The number of rotatable bonds is 2. The molecule has 5 nitrogen and oxygen atoms in total. The van der Waals surface area contributed by atoms with Crippen LogP contribution in [0, 0.1) is 12.8 Å². The number of ketones is 1. The Kier molecular flexibility index (Phi) is 5.42. The Balaban J connectivity index is 2.50. The van der Waals surface area contributed by atoms with Crippen LogP contribution < -0.4 is 0 Å². The summed E-state index contributed by atoms with van der Waals surface area (Å²) < 4.78 is 16.4. The molecule has 1 aromatic rings. The number of Topliss-reactive ketones (excluding diaryl/α,β-unsaturated/α-hetero) is 1. The Morgan fingerprint density at radius 2 is 2.04 bits per heavy atom. The van der Waals surface area contributed by atoms with Crippen LogP contribution in [0.2, 0.25) is 0 Å². The molecule has 0 unspecified atom stereocenters. The molecule has 2 rings (SSSR count).